The van der Waals surface area contributed by atoms with Crippen LogP contribution in [0.15, 0.2) is 42.5 Å². The highest BCUT2D eigenvalue weighted by molar-refractivity contribution is 5.97. The molecule has 4 rings (SSSR count). The average molecular weight is 377 g/mol. The predicted octanol–water partition coefficient (Wildman–Crippen LogP) is 3.07. The van der Waals surface area contributed by atoms with E-state index in [-0.39, 0.29) is 5.97 Å². The molecule has 0 bridgehead atoms. The summed E-state index contributed by atoms with van der Waals surface area (Å²) in [5, 5.41) is 13.1. The van der Waals surface area contributed by atoms with Crippen LogP contribution in [-0.4, -0.2) is 34.2 Å². The van der Waals surface area contributed by atoms with E-state index in [1.54, 1.807) is 12.1 Å². The Kier molecular flexibility index (Phi) is 5.10. The molecule has 28 heavy (non-hydrogen) atoms. The molecule has 0 unspecified atom stereocenters. The van der Waals surface area contributed by atoms with Crippen LogP contribution in [-0.2, 0) is 11.3 Å². The van der Waals surface area contributed by atoms with Crippen LogP contribution in [0.2, 0.25) is 0 Å². The van der Waals surface area contributed by atoms with E-state index in [2.05, 4.69) is 44.8 Å². The van der Waals surface area contributed by atoms with E-state index in [1.807, 2.05) is 6.07 Å². The molecule has 0 aliphatic heterocycles. The normalized spacial score (nSPS) is 11.4. The van der Waals surface area contributed by atoms with Gasteiger partial charge >= 0.3 is 5.97 Å². The standard InChI is InChI=1S/C21H23N5O2/c1-13(27)28-15-6-7-16-19(10-15)25-26-21(16)20-11-17-14(12-23-9-3-8-22)4-2-5-18(17)24-20/h2,4-7,10-11,23-24H,3,8-9,12,22H2,1H3,(H,25,26). The quantitative estimate of drug-likeness (QED) is 0.225. The van der Waals surface area contributed by atoms with Gasteiger partial charge in [0.2, 0.25) is 0 Å². The van der Waals surface area contributed by atoms with Crippen molar-refractivity contribution in [2.45, 2.75) is 19.9 Å². The lowest BCUT2D eigenvalue weighted by Crippen LogP contribution is -2.17. The predicted molar refractivity (Wildman–Crippen MR) is 110 cm³/mol. The number of nitrogens with zero attached hydrogens (tertiary/aromatic N) is 1. The van der Waals surface area contributed by atoms with E-state index >= 15 is 0 Å². The molecule has 2 aromatic carbocycles. The van der Waals surface area contributed by atoms with Crippen LogP contribution in [0.3, 0.4) is 0 Å². The van der Waals surface area contributed by atoms with E-state index in [4.69, 9.17) is 10.5 Å². The van der Waals surface area contributed by atoms with Gasteiger partial charge in [-0.15, -0.1) is 0 Å². The lowest BCUT2D eigenvalue weighted by molar-refractivity contribution is -0.131. The SMILES string of the molecule is CC(=O)Oc1ccc2c(-c3cc4c(CNCCCN)cccc4[nH]3)n[nH]c2c1. The Morgan fingerprint density at radius 2 is 2.07 bits per heavy atom. The van der Waals surface area contributed by atoms with Crippen LogP contribution in [0.4, 0.5) is 0 Å². The number of aromatic amines is 2. The van der Waals surface area contributed by atoms with Gasteiger partial charge < -0.3 is 20.8 Å². The minimum Gasteiger partial charge on any atom is -0.427 e. The Balaban J connectivity index is 1.66. The number of carbonyl (C=O) groups excluding carboxylic acids is 1. The Labute approximate surface area is 162 Å². The van der Waals surface area contributed by atoms with Crippen LogP contribution in [0.25, 0.3) is 33.2 Å². The number of rotatable bonds is 7. The van der Waals surface area contributed by atoms with Crippen molar-refractivity contribution in [1.29, 1.82) is 0 Å². The van der Waals surface area contributed by atoms with Crippen LogP contribution < -0.4 is 15.8 Å². The summed E-state index contributed by atoms with van der Waals surface area (Å²) in [6.45, 7) is 3.77. The van der Waals surface area contributed by atoms with E-state index < -0.39 is 0 Å². The number of ether oxygens (including phenoxy) is 1. The minimum atomic E-state index is -0.345. The van der Waals surface area contributed by atoms with E-state index in [0.29, 0.717) is 12.3 Å². The van der Waals surface area contributed by atoms with Crippen molar-refractivity contribution in [3.05, 3.63) is 48.0 Å². The lowest BCUT2D eigenvalue weighted by Gasteiger charge is -2.05. The van der Waals surface area contributed by atoms with Crippen molar-refractivity contribution in [3.63, 3.8) is 0 Å². The fourth-order valence-electron chi connectivity index (χ4n) is 3.38. The summed E-state index contributed by atoms with van der Waals surface area (Å²) in [5.74, 6) is 0.153. The summed E-state index contributed by atoms with van der Waals surface area (Å²) < 4.78 is 5.15. The van der Waals surface area contributed by atoms with Crippen molar-refractivity contribution in [1.82, 2.24) is 20.5 Å². The largest absolute Gasteiger partial charge is 0.427 e. The number of hydrogen-bond acceptors (Lipinski definition) is 5. The van der Waals surface area contributed by atoms with Gasteiger partial charge in [0.25, 0.3) is 0 Å². The number of hydrogen-bond donors (Lipinski definition) is 4. The van der Waals surface area contributed by atoms with E-state index in [9.17, 15) is 4.79 Å². The highest BCUT2D eigenvalue weighted by Gasteiger charge is 2.13. The Hall–Kier alpha value is -3.16. The van der Waals surface area contributed by atoms with Crippen molar-refractivity contribution in [2.75, 3.05) is 13.1 Å². The number of carbonyl (C=O) groups is 1. The second-order valence-corrected chi connectivity index (χ2v) is 6.75. The molecule has 0 spiro atoms. The van der Waals surface area contributed by atoms with Gasteiger partial charge in [-0.05, 0) is 49.3 Å². The van der Waals surface area contributed by atoms with Crippen molar-refractivity contribution in [2.24, 2.45) is 5.73 Å². The number of fused-ring (bicyclic) bond motifs is 2. The lowest BCUT2D eigenvalue weighted by atomic mass is 10.1. The van der Waals surface area contributed by atoms with Gasteiger partial charge in [0.1, 0.15) is 11.4 Å². The zero-order valence-corrected chi connectivity index (χ0v) is 15.7. The van der Waals surface area contributed by atoms with Gasteiger partial charge in [-0.3, -0.25) is 9.89 Å². The van der Waals surface area contributed by atoms with Crippen molar-refractivity contribution < 1.29 is 9.53 Å². The number of H-pyrrole nitrogens is 2. The van der Waals surface area contributed by atoms with E-state index in [1.165, 1.54) is 17.9 Å². The van der Waals surface area contributed by atoms with Gasteiger partial charge in [0, 0.05) is 35.8 Å². The first-order valence-corrected chi connectivity index (χ1v) is 9.34. The van der Waals surface area contributed by atoms with Gasteiger partial charge in [-0.1, -0.05) is 12.1 Å². The molecule has 0 aliphatic carbocycles. The number of aromatic nitrogens is 3. The Morgan fingerprint density at radius 1 is 1.18 bits per heavy atom. The molecule has 0 radical (unpaired) electrons. The summed E-state index contributed by atoms with van der Waals surface area (Å²) in [7, 11) is 0. The molecule has 2 heterocycles. The topological polar surface area (TPSA) is 109 Å². The fourth-order valence-corrected chi connectivity index (χ4v) is 3.38. The molecule has 0 amide bonds. The number of nitrogens with two attached hydrogens (primary N) is 1. The van der Waals surface area contributed by atoms with Gasteiger partial charge in [-0.2, -0.15) is 5.10 Å². The zero-order valence-electron chi connectivity index (χ0n) is 15.7. The fraction of sp³-hybridized carbons (Fsp3) is 0.238. The molecule has 0 fully saturated rings. The highest BCUT2D eigenvalue weighted by Crippen LogP contribution is 2.31. The number of esters is 1. The van der Waals surface area contributed by atoms with Crippen LogP contribution >= 0.6 is 0 Å². The van der Waals surface area contributed by atoms with Crippen LogP contribution in [0.1, 0.15) is 18.9 Å². The molecule has 0 atom stereocenters. The summed E-state index contributed by atoms with van der Waals surface area (Å²) in [6, 6.07) is 13.8. The molecular formula is C21H23N5O2. The zero-order chi connectivity index (χ0) is 19.5. The molecule has 144 valence electrons. The third-order valence-electron chi connectivity index (χ3n) is 4.68. The molecule has 7 heteroatoms. The highest BCUT2D eigenvalue weighted by atomic mass is 16.5. The molecule has 0 saturated heterocycles. The summed E-state index contributed by atoms with van der Waals surface area (Å²) in [6.07, 6.45) is 0.961. The maximum absolute atomic E-state index is 11.2. The number of nitrogens with one attached hydrogen (secondary N) is 3. The first-order chi connectivity index (χ1) is 13.7. The van der Waals surface area contributed by atoms with Gasteiger partial charge in [-0.25, -0.2) is 0 Å². The molecular weight excluding hydrogens is 354 g/mol. The summed E-state index contributed by atoms with van der Waals surface area (Å²) in [5.41, 5.74) is 10.4. The Morgan fingerprint density at radius 3 is 2.89 bits per heavy atom. The van der Waals surface area contributed by atoms with Crippen molar-refractivity contribution in [3.8, 4) is 17.1 Å². The third kappa shape index (κ3) is 3.62. The maximum Gasteiger partial charge on any atom is 0.308 e. The number of benzene rings is 2. The minimum absolute atomic E-state index is 0.345. The Bertz CT molecular complexity index is 1130. The van der Waals surface area contributed by atoms with Crippen LogP contribution in [0.5, 0.6) is 5.75 Å². The molecule has 0 aliphatic rings. The molecule has 2 aromatic heterocycles. The van der Waals surface area contributed by atoms with Gasteiger partial charge in [0.05, 0.1) is 11.2 Å². The van der Waals surface area contributed by atoms with Crippen molar-refractivity contribution >= 4 is 27.8 Å². The first kappa shape index (κ1) is 18.2. The molecule has 7 nitrogen and oxygen atoms in total. The average Bonchev–Trinajstić information content (AvgIpc) is 3.28. The summed E-state index contributed by atoms with van der Waals surface area (Å²) >= 11 is 0. The molecule has 5 N–H and O–H groups in total. The smallest absolute Gasteiger partial charge is 0.308 e. The van der Waals surface area contributed by atoms with E-state index in [0.717, 1.165) is 47.3 Å². The monoisotopic (exact) mass is 377 g/mol. The second kappa shape index (κ2) is 7.84. The summed E-state index contributed by atoms with van der Waals surface area (Å²) in [4.78, 5) is 14.6. The molecule has 0 saturated carbocycles. The first-order valence-electron chi connectivity index (χ1n) is 9.34. The molecule has 4 aromatic rings. The van der Waals surface area contributed by atoms with Crippen LogP contribution in [0, 0.1) is 0 Å². The van der Waals surface area contributed by atoms with Gasteiger partial charge in [0.15, 0.2) is 0 Å². The maximum atomic E-state index is 11.2. The second-order valence-electron chi connectivity index (χ2n) is 6.75. The third-order valence-corrected chi connectivity index (χ3v) is 4.68.